The standard InChI is InChI=1S/C19H16O4/c1-3-22-19(21)18-12(2)16-9-8-15(10-17(16)23-18)14-6-4-13(11-20)5-7-14/h4-11H,3H2,1-2H3. The highest BCUT2D eigenvalue weighted by Crippen LogP contribution is 2.30. The molecule has 0 aliphatic carbocycles. The lowest BCUT2D eigenvalue weighted by Gasteiger charge is -2.02. The molecule has 0 fully saturated rings. The fraction of sp³-hybridized carbons (Fsp3) is 0.158. The van der Waals surface area contributed by atoms with E-state index in [1.165, 1.54) is 0 Å². The molecule has 0 N–H and O–H groups in total. The summed E-state index contributed by atoms with van der Waals surface area (Å²) < 4.78 is 10.7. The van der Waals surface area contributed by atoms with E-state index in [0.29, 0.717) is 17.8 Å². The number of carbonyl (C=O) groups is 2. The molecule has 3 rings (SSSR count). The normalized spacial score (nSPS) is 10.7. The first-order valence-corrected chi connectivity index (χ1v) is 7.40. The van der Waals surface area contributed by atoms with Crippen LogP contribution in [0.2, 0.25) is 0 Å². The minimum Gasteiger partial charge on any atom is -0.460 e. The number of ether oxygens (including phenoxy) is 1. The first kappa shape index (κ1) is 15.0. The van der Waals surface area contributed by atoms with Crippen molar-refractivity contribution in [2.24, 2.45) is 0 Å². The Morgan fingerprint density at radius 1 is 1.13 bits per heavy atom. The molecule has 4 heteroatoms. The van der Waals surface area contributed by atoms with Gasteiger partial charge in [-0.15, -0.1) is 0 Å². The van der Waals surface area contributed by atoms with E-state index in [1.807, 2.05) is 37.3 Å². The van der Waals surface area contributed by atoms with Gasteiger partial charge in [-0.2, -0.15) is 0 Å². The van der Waals surface area contributed by atoms with Crippen LogP contribution in [0.15, 0.2) is 46.9 Å². The Morgan fingerprint density at radius 2 is 1.83 bits per heavy atom. The summed E-state index contributed by atoms with van der Waals surface area (Å²) in [7, 11) is 0. The maximum Gasteiger partial charge on any atom is 0.374 e. The number of esters is 1. The molecule has 1 heterocycles. The number of furan rings is 1. The fourth-order valence-electron chi connectivity index (χ4n) is 2.55. The van der Waals surface area contributed by atoms with E-state index < -0.39 is 5.97 Å². The molecule has 0 aliphatic heterocycles. The molecule has 0 amide bonds. The maximum absolute atomic E-state index is 11.9. The highest BCUT2D eigenvalue weighted by Gasteiger charge is 2.18. The highest BCUT2D eigenvalue weighted by molar-refractivity contribution is 5.97. The van der Waals surface area contributed by atoms with Crippen LogP contribution in [-0.2, 0) is 4.74 Å². The van der Waals surface area contributed by atoms with E-state index in [4.69, 9.17) is 9.15 Å². The van der Waals surface area contributed by atoms with Gasteiger partial charge in [-0.1, -0.05) is 36.4 Å². The first-order valence-electron chi connectivity index (χ1n) is 7.40. The average molecular weight is 308 g/mol. The number of carbonyl (C=O) groups excluding carboxylic acids is 2. The van der Waals surface area contributed by atoms with Gasteiger partial charge in [0.1, 0.15) is 11.9 Å². The average Bonchev–Trinajstić information content (AvgIpc) is 2.91. The fourth-order valence-corrected chi connectivity index (χ4v) is 2.55. The van der Waals surface area contributed by atoms with Gasteiger partial charge in [-0.05, 0) is 31.0 Å². The molecule has 0 spiro atoms. The predicted molar refractivity (Wildman–Crippen MR) is 87.7 cm³/mol. The topological polar surface area (TPSA) is 56.5 Å². The molecule has 0 saturated heterocycles. The van der Waals surface area contributed by atoms with Crippen LogP contribution in [0.5, 0.6) is 0 Å². The summed E-state index contributed by atoms with van der Waals surface area (Å²) in [6, 6.07) is 13.1. The Balaban J connectivity index is 2.04. The second-order valence-corrected chi connectivity index (χ2v) is 5.23. The SMILES string of the molecule is CCOC(=O)c1oc2cc(-c3ccc(C=O)cc3)ccc2c1C. The molecule has 0 radical (unpaired) electrons. The summed E-state index contributed by atoms with van der Waals surface area (Å²) in [5, 5.41) is 0.890. The van der Waals surface area contributed by atoms with Crippen molar-refractivity contribution in [1.29, 1.82) is 0 Å². The zero-order chi connectivity index (χ0) is 16.4. The minimum absolute atomic E-state index is 0.246. The molecule has 4 nitrogen and oxygen atoms in total. The van der Waals surface area contributed by atoms with Crippen molar-refractivity contribution >= 4 is 23.2 Å². The van der Waals surface area contributed by atoms with Gasteiger partial charge in [-0.25, -0.2) is 4.79 Å². The molecule has 23 heavy (non-hydrogen) atoms. The van der Waals surface area contributed by atoms with Crippen LogP contribution in [0.4, 0.5) is 0 Å². The Kier molecular flexibility index (Phi) is 3.98. The molecule has 0 saturated carbocycles. The lowest BCUT2D eigenvalue weighted by molar-refractivity contribution is 0.0491. The van der Waals surface area contributed by atoms with Crippen molar-refractivity contribution in [2.45, 2.75) is 13.8 Å². The largest absolute Gasteiger partial charge is 0.460 e. The van der Waals surface area contributed by atoms with Crippen LogP contribution in [0.1, 0.15) is 33.4 Å². The first-order chi connectivity index (χ1) is 11.1. The molecule has 0 unspecified atom stereocenters. The van der Waals surface area contributed by atoms with Gasteiger partial charge in [0, 0.05) is 16.5 Å². The molecule has 2 aromatic carbocycles. The second-order valence-electron chi connectivity index (χ2n) is 5.23. The summed E-state index contributed by atoms with van der Waals surface area (Å²) in [6.45, 7) is 3.91. The minimum atomic E-state index is -0.446. The summed E-state index contributed by atoms with van der Waals surface area (Å²) in [5.41, 5.74) is 3.99. The van der Waals surface area contributed by atoms with E-state index in [0.717, 1.165) is 28.4 Å². The Morgan fingerprint density at radius 3 is 2.48 bits per heavy atom. The number of fused-ring (bicyclic) bond motifs is 1. The third-order valence-electron chi connectivity index (χ3n) is 3.78. The molecular formula is C19H16O4. The quantitative estimate of drug-likeness (QED) is 0.529. The molecule has 1 aromatic heterocycles. The highest BCUT2D eigenvalue weighted by atomic mass is 16.5. The van der Waals surface area contributed by atoms with Crippen molar-refractivity contribution < 1.29 is 18.7 Å². The molecule has 0 bridgehead atoms. The van der Waals surface area contributed by atoms with Gasteiger partial charge in [0.2, 0.25) is 5.76 Å². The van der Waals surface area contributed by atoms with E-state index in [1.54, 1.807) is 19.1 Å². The Bertz CT molecular complexity index is 872. The number of hydrogen-bond donors (Lipinski definition) is 0. The van der Waals surface area contributed by atoms with Crippen LogP contribution in [0.25, 0.3) is 22.1 Å². The van der Waals surface area contributed by atoms with Gasteiger partial charge in [-0.3, -0.25) is 4.79 Å². The maximum atomic E-state index is 11.9. The molecule has 3 aromatic rings. The number of aryl methyl sites for hydroxylation is 1. The van der Waals surface area contributed by atoms with Gasteiger partial charge < -0.3 is 9.15 Å². The van der Waals surface area contributed by atoms with E-state index in [-0.39, 0.29) is 5.76 Å². The van der Waals surface area contributed by atoms with Gasteiger partial charge >= 0.3 is 5.97 Å². The molecule has 0 atom stereocenters. The number of aldehydes is 1. The van der Waals surface area contributed by atoms with Crippen molar-refractivity contribution in [3.63, 3.8) is 0 Å². The van der Waals surface area contributed by atoms with Gasteiger partial charge in [0.25, 0.3) is 0 Å². The number of benzene rings is 2. The predicted octanol–water partition coefficient (Wildman–Crippen LogP) is 4.40. The molecule has 116 valence electrons. The smallest absolute Gasteiger partial charge is 0.374 e. The van der Waals surface area contributed by atoms with E-state index >= 15 is 0 Å². The van der Waals surface area contributed by atoms with Gasteiger partial charge in [0.05, 0.1) is 6.61 Å². The zero-order valence-corrected chi connectivity index (χ0v) is 13.0. The van der Waals surface area contributed by atoms with E-state index in [2.05, 4.69) is 0 Å². The summed E-state index contributed by atoms with van der Waals surface area (Å²) in [4.78, 5) is 22.6. The van der Waals surface area contributed by atoms with Crippen molar-refractivity contribution in [1.82, 2.24) is 0 Å². The van der Waals surface area contributed by atoms with Gasteiger partial charge in [0.15, 0.2) is 0 Å². The van der Waals surface area contributed by atoms with E-state index in [9.17, 15) is 9.59 Å². The second kappa shape index (κ2) is 6.08. The van der Waals surface area contributed by atoms with Crippen LogP contribution < -0.4 is 0 Å². The van der Waals surface area contributed by atoms with Crippen LogP contribution in [0.3, 0.4) is 0 Å². The number of rotatable bonds is 4. The summed E-state index contributed by atoms with van der Waals surface area (Å²) in [6.07, 6.45) is 0.814. The molecule has 0 aliphatic rings. The van der Waals surface area contributed by atoms with Crippen molar-refractivity contribution in [2.75, 3.05) is 6.61 Å². The zero-order valence-electron chi connectivity index (χ0n) is 13.0. The summed E-state index contributed by atoms with van der Waals surface area (Å²) >= 11 is 0. The lowest BCUT2D eigenvalue weighted by Crippen LogP contribution is -2.04. The Hall–Kier alpha value is -2.88. The monoisotopic (exact) mass is 308 g/mol. The molecular weight excluding hydrogens is 292 g/mol. The van der Waals surface area contributed by atoms with Crippen molar-refractivity contribution in [3.05, 3.63) is 59.4 Å². The third-order valence-corrected chi connectivity index (χ3v) is 3.78. The van der Waals surface area contributed by atoms with Crippen LogP contribution >= 0.6 is 0 Å². The van der Waals surface area contributed by atoms with Crippen LogP contribution in [0, 0.1) is 6.92 Å². The lowest BCUT2D eigenvalue weighted by atomic mass is 10.0. The number of hydrogen-bond acceptors (Lipinski definition) is 4. The third kappa shape index (κ3) is 2.75. The van der Waals surface area contributed by atoms with Crippen LogP contribution in [-0.4, -0.2) is 18.9 Å². The van der Waals surface area contributed by atoms with Crippen molar-refractivity contribution in [3.8, 4) is 11.1 Å². The Labute approximate surface area is 133 Å². The summed E-state index contributed by atoms with van der Waals surface area (Å²) in [5.74, 6) is -0.201.